The fraction of sp³-hybridized carbons (Fsp3) is 0.500. The van der Waals surface area contributed by atoms with Crippen LogP contribution in [0.4, 0.5) is 4.79 Å². The number of hydrogen-bond donors (Lipinski definition) is 2. The molecule has 0 aromatic carbocycles. The summed E-state index contributed by atoms with van der Waals surface area (Å²) in [7, 11) is 1.52. The van der Waals surface area contributed by atoms with Crippen molar-refractivity contribution >= 4 is 11.8 Å². The Morgan fingerprint density at radius 2 is 2.00 bits per heavy atom. The maximum atomic E-state index is 10.9. The molecule has 0 aromatic rings. The molecule has 0 bridgehead atoms. The molecule has 0 atom stereocenters. The van der Waals surface area contributed by atoms with Crippen molar-refractivity contribution < 1.29 is 9.59 Å². The third-order valence-electron chi connectivity index (χ3n) is 1.34. The lowest BCUT2D eigenvalue weighted by atomic mass is 10.2. The van der Waals surface area contributed by atoms with Crippen LogP contribution in [-0.4, -0.2) is 25.4 Å². The molecule has 2 amide bonds. The van der Waals surface area contributed by atoms with Crippen LogP contribution in [0.15, 0.2) is 12.2 Å². The first kappa shape index (κ1) is 10.7. The summed E-state index contributed by atoms with van der Waals surface area (Å²) >= 11 is 0. The molecule has 0 aromatic heterocycles. The second-order valence-corrected chi connectivity index (χ2v) is 2.46. The fourth-order valence-corrected chi connectivity index (χ4v) is 0.591. The molecule has 4 nitrogen and oxygen atoms in total. The summed E-state index contributed by atoms with van der Waals surface area (Å²) in [5, 5.41) is 4.89. The first-order valence-corrected chi connectivity index (χ1v) is 3.72. The van der Waals surface area contributed by atoms with Crippen LogP contribution in [0, 0.1) is 0 Å². The van der Waals surface area contributed by atoms with E-state index in [0.717, 1.165) is 0 Å². The van der Waals surface area contributed by atoms with Crippen LogP contribution < -0.4 is 10.6 Å². The van der Waals surface area contributed by atoms with E-state index in [0.29, 0.717) is 18.5 Å². The molecule has 0 aliphatic rings. The zero-order valence-corrected chi connectivity index (χ0v) is 7.44. The number of rotatable bonds is 4. The fourth-order valence-electron chi connectivity index (χ4n) is 0.591. The molecule has 0 spiro atoms. The van der Waals surface area contributed by atoms with Crippen LogP contribution in [0.3, 0.4) is 0 Å². The molecule has 0 saturated heterocycles. The maximum Gasteiger partial charge on any atom is 0.314 e. The van der Waals surface area contributed by atoms with E-state index in [9.17, 15) is 9.59 Å². The highest BCUT2D eigenvalue weighted by Gasteiger charge is 2.02. The Labute approximate surface area is 72.0 Å². The molecule has 0 radical (unpaired) electrons. The number of ketones is 1. The summed E-state index contributed by atoms with van der Waals surface area (Å²) in [5.74, 6) is -0.0218. The van der Waals surface area contributed by atoms with E-state index >= 15 is 0 Å². The van der Waals surface area contributed by atoms with Gasteiger partial charge in [-0.25, -0.2) is 4.79 Å². The van der Waals surface area contributed by atoms with Gasteiger partial charge in [0.1, 0.15) is 0 Å². The minimum Gasteiger partial charge on any atom is -0.341 e. The van der Waals surface area contributed by atoms with E-state index in [2.05, 4.69) is 17.2 Å². The van der Waals surface area contributed by atoms with Gasteiger partial charge in [0.15, 0.2) is 5.78 Å². The van der Waals surface area contributed by atoms with Crippen LogP contribution >= 0.6 is 0 Å². The Kier molecular flexibility index (Phi) is 4.76. The van der Waals surface area contributed by atoms with Gasteiger partial charge in [0.25, 0.3) is 0 Å². The van der Waals surface area contributed by atoms with Crippen LogP contribution in [-0.2, 0) is 4.79 Å². The normalized spacial score (nSPS) is 8.83. The van der Waals surface area contributed by atoms with Crippen molar-refractivity contribution in [3.8, 4) is 0 Å². The molecule has 0 aliphatic heterocycles. The van der Waals surface area contributed by atoms with E-state index in [1.807, 2.05) is 0 Å². The van der Waals surface area contributed by atoms with Gasteiger partial charge in [-0.05, 0) is 12.5 Å². The van der Waals surface area contributed by atoms with Crippen LogP contribution in [0.2, 0.25) is 0 Å². The summed E-state index contributed by atoms with van der Waals surface area (Å²) in [5.41, 5.74) is 0.522. The van der Waals surface area contributed by atoms with Gasteiger partial charge in [0, 0.05) is 20.0 Å². The molecular weight excluding hydrogens is 156 g/mol. The second kappa shape index (κ2) is 5.35. The van der Waals surface area contributed by atoms with Gasteiger partial charge in [-0.1, -0.05) is 6.58 Å². The van der Waals surface area contributed by atoms with Crippen molar-refractivity contribution in [3.05, 3.63) is 12.2 Å². The second-order valence-electron chi connectivity index (χ2n) is 2.46. The van der Waals surface area contributed by atoms with Crippen molar-refractivity contribution in [1.29, 1.82) is 0 Å². The number of urea groups is 1. The number of allylic oxidation sites excluding steroid dienone is 1. The molecule has 0 aliphatic carbocycles. The molecule has 12 heavy (non-hydrogen) atoms. The SMILES string of the molecule is C=C(C)C(=O)CCNC(=O)NC. The predicted molar refractivity (Wildman–Crippen MR) is 46.9 cm³/mol. The third-order valence-corrected chi connectivity index (χ3v) is 1.34. The highest BCUT2D eigenvalue weighted by Crippen LogP contribution is 1.92. The summed E-state index contributed by atoms with van der Waals surface area (Å²) < 4.78 is 0. The van der Waals surface area contributed by atoms with Crippen molar-refractivity contribution in [2.75, 3.05) is 13.6 Å². The smallest absolute Gasteiger partial charge is 0.314 e. The summed E-state index contributed by atoms with van der Waals surface area (Å²) in [6.45, 7) is 5.50. The van der Waals surface area contributed by atoms with Crippen LogP contribution in [0.5, 0.6) is 0 Å². The molecule has 0 unspecified atom stereocenters. The number of amides is 2. The van der Waals surface area contributed by atoms with E-state index in [1.165, 1.54) is 7.05 Å². The Morgan fingerprint density at radius 1 is 1.42 bits per heavy atom. The van der Waals surface area contributed by atoms with Gasteiger partial charge >= 0.3 is 6.03 Å². The summed E-state index contributed by atoms with van der Waals surface area (Å²) in [6.07, 6.45) is 0.308. The minimum absolute atomic E-state index is 0.0218. The molecule has 0 heterocycles. The van der Waals surface area contributed by atoms with Gasteiger partial charge in [-0.2, -0.15) is 0 Å². The van der Waals surface area contributed by atoms with Gasteiger partial charge < -0.3 is 10.6 Å². The highest BCUT2D eigenvalue weighted by atomic mass is 16.2. The molecule has 4 heteroatoms. The van der Waals surface area contributed by atoms with Crippen molar-refractivity contribution in [2.45, 2.75) is 13.3 Å². The first-order chi connectivity index (χ1) is 5.57. The Balaban J connectivity index is 3.50. The number of carbonyl (C=O) groups is 2. The Hall–Kier alpha value is -1.32. The Bertz CT molecular complexity index is 199. The van der Waals surface area contributed by atoms with Crippen LogP contribution in [0.25, 0.3) is 0 Å². The molecular formula is C8H14N2O2. The largest absolute Gasteiger partial charge is 0.341 e. The average Bonchev–Trinajstić information content (AvgIpc) is 2.03. The van der Waals surface area contributed by atoms with Gasteiger partial charge in [0.2, 0.25) is 0 Å². The predicted octanol–water partition coefficient (Wildman–Crippen LogP) is 0.451. The number of nitrogens with one attached hydrogen (secondary N) is 2. The van der Waals surface area contributed by atoms with E-state index in [-0.39, 0.29) is 11.8 Å². The average molecular weight is 170 g/mol. The van der Waals surface area contributed by atoms with E-state index in [4.69, 9.17) is 0 Å². The molecule has 0 saturated carbocycles. The lowest BCUT2D eigenvalue weighted by Gasteiger charge is -2.02. The van der Waals surface area contributed by atoms with E-state index in [1.54, 1.807) is 6.92 Å². The Morgan fingerprint density at radius 3 is 2.42 bits per heavy atom. The number of hydrogen-bond acceptors (Lipinski definition) is 2. The lowest BCUT2D eigenvalue weighted by molar-refractivity contribution is -0.115. The van der Waals surface area contributed by atoms with Gasteiger partial charge in [-0.3, -0.25) is 4.79 Å². The van der Waals surface area contributed by atoms with Crippen molar-refractivity contribution in [3.63, 3.8) is 0 Å². The van der Waals surface area contributed by atoms with Crippen molar-refractivity contribution in [1.82, 2.24) is 10.6 Å². The maximum absolute atomic E-state index is 10.9. The number of Topliss-reactive ketones (excluding diaryl/α,β-unsaturated/α-hetero) is 1. The number of carbonyl (C=O) groups excluding carboxylic acids is 2. The van der Waals surface area contributed by atoms with Gasteiger partial charge in [-0.15, -0.1) is 0 Å². The molecule has 0 rings (SSSR count). The summed E-state index contributed by atoms with van der Waals surface area (Å²) in [4.78, 5) is 21.5. The first-order valence-electron chi connectivity index (χ1n) is 3.72. The molecule has 68 valence electrons. The quantitative estimate of drug-likeness (QED) is 0.602. The molecule has 2 N–H and O–H groups in total. The van der Waals surface area contributed by atoms with Crippen LogP contribution in [0.1, 0.15) is 13.3 Å². The zero-order valence-electron chi connectivity index (χ0n) is 7.44. The van der Waals surface area contributed by atoms with Crippen molar-refractivity contribution in [2.24, 2.45) is 0 Å². The lowest BCUT2D eigenvalue weighted by Crippen LogP contribution is -2.34. The standard InChI is InChI=1S/C8H14N2O2/c1-6(2)7(11)4-5-10-8(12)9-3/h1,4-5H2,2-3H3,(H2,9,10,12). The topological polar surface area (TPSA) is 58.2 Å². The monoisotopic (exact) mass is 170 g/mol. The highest BCUT2D eigenvalue weighted by molar-refractivity contribution is 5.94. The van der Waals surface area contributed by atoms with Gasteiger partial charge in [0.05, 0.1) is 0 Å². The molecule has 0 fully saturated rings. The minimum atomic E-state index is -0.274. The third kappa shape index (κ3) is 4.49. The zero-order chi connectivity index (χ0) is 9.56. The van der Waals surface area contributed by atoms with E-state index < -0.39 is 0 Å². The summed E-state index contributed by atoms with van der Waals surface area (Å²) in [6, 6.07) is -0.274.